The van der Waals surface area contributed by atoms with E-state index in [1.165, 1.54) is 18.9 Å². The standard InChI is InChI=1S/C19H22F3N9/c1-13-12-16(28-6-2-3-7-28)24-18(23-13)30-10-8-29(9-11-30)15-5-4-14-25-26-17(19(20,21)22)31(14)27-15/h4-5,12H,2-3,6-11H2,1H3. The molecule has 0 unspecified atom stereocenters. The van der Waals surface area contributed by atoms with E-state index >= 15 is 0 Å². The predicted molar refractivity (Wildman–Crippen MR) is 108 cm³/mol. The molecule has 0 saturated carbocycles. The number of anilines is 3. The van der Waals surface area contributed by atoms with Gasteiger partial charge in [-0.3, -0.25) is 0 Å². The number of alkyl halides is 3. The molecular weight excluding hydrogens is 411 g/mol. The summed E-state index contributed by atoms with van der Waals surface area (Å²) in [6, 6.07) is 5.19. The minimum atomic E-state index is -4.61. The van der Waals surface area contributed by atoms with Crippen molar-refractivity contribution in [2.75, 3.05) is 54.0 Å². The van der Waals surface area contributed by atoms with Gasteiger partial charge in [0.25, 0.3) is 5.82 Å². The molecule has 0 amide bonds. The first-order valence-electron chi connectivity index (χ1n) is 10.3. The third-order valence-electron chi connectivity index (χ3n) is 5.65. The van der Waals surface area contributed by atoms with Gasteiger partial charge in [-0.1, -0.05) is 0 Å². The summed E-state index contributed by atoms with van der Waals surface area (Å²) in [5.74, 6) is 0.996. The van der Waals surface area contributed by atoms with Crippen LogP contribution in [0.2, 0.25) is 0 Å². The third kappa shape index (κ3) is 3.81. The van der Waals surface area contributed by atoms with Gasteiger partial charge in [0.1, 0.15) is 11.6 Å². The Balaban J connectivity index is 1.33. The molecule has 3 aromatic heterocycles. The summed E-state index contributed by atoms with van der Waals surface area (Å²) in [5.41, 5.74) is 0.992. The maximum absolute atomic E-state index is 13.1. The van der Waals surface area contributed by atoms with Crippen LogP contribution in [0.15, 0.2) is 18.2 Å². The summed E-state index contributed by atoms with van der Waals surface area (Å²) in [5, 5.41) is 10.9. The molecule has 2 fully saturated rings. The zero-order chi connectivity index (χ0) is 21.6. The third-order valence-corrected chi connectivity index (χ3v) is 5.65. The van der Waals surface area contributed by atoms with Crippen molar-refractivity contribution in [3.8, 4) is 0 Å². The predicted octanol–water partition coefficient (Wildman–Crippen LogP) is 2.17. The lowest BCUT2D eigenvalue weighted by Gasteiger charge is -2.35. The molecule has 0 atom stereocenters. The zero-order valence-corrected chi connectivity index (χ0v) is 17.0. The van der Waals surface area contributed by atoms with E-state index in [9.17, 15) is 13.2 Å². The molecule has 0 aromatic carbocycles. The van der Waals surface area contributed by atoms with Crippen molar-refractivity contribution in [2.24, 2.45) is 0 Å². The molecule has 31 heavy (non-hydrogen) atoms. The fourth-order valence-corrected chi connectivity index (χ4v) is 4.05. The van der Waals surface area contributed by atoms with Crippen molar-refractivity contribution >= 4 is 23.2 Å². The van der Waals surface area contributed by atoms with Crippen LogP contribution in [-0.4, -0.2) is 69.0 Å². The van der Waals surface area contributed by atoms with Gasteiger partial charge in [-0.15, -0.1) is 15.3 Å². The highest BCUT2D eigenvalue weighted by Gasteiger charge is 2.38. The van der Waals surface area contributed by atoms with Crippen molar-refractivity contribution < 1.29 is 13.2 Å². The molecule has 0 aliphatic carbocycles. The van der Waals surface area contributed by atoms with Gasteiger partial charge in [-0.05, 0) is 31.9 Å². The van der Waals surface area contributed by atoms with Crippen molar-refractivity contribution in [1.29, 1.82) is 0 Å². The molecule has 2 saturated heterocycles. The van der Waals surface area contributed by atoms with Gasteiger partial charge >= 0.3 is 6.18 Å². The Bertz CT molecular complexity index is 1080. The Morgan fingerprint density at radius 1 is 0.806 bits per heavy atom. The maximum atomic E-state index is 13.1. The molecule has 0 bridgehead atoms. The van der Waals surface area contributed by atoms with Gasteiger partial charge in [0.15, 0.2) is 5.65 Å². The van der Waals surface area contributed by atoms with Gasteiger partial charge in [0.2, 0.25) is 5.95 Å². The van der Waals surface area contributed by atoms with Crippen LogP contribution in [-0.2, 0) is 6.18 Å². The second kappa shape index (κ2) is 7.50. The first-order valence-corrected chi connectivity index (χ1v) is 10.3. The Labute approximate surface area is 176 Å². The normalized spacial score (nSPS) is 17.7. The number of rotatable bonds is 3. The minimum Gasteiger partial charge on any atom is -0.356 e. The average molecular weight is 433 g/mol. The monoisotopic (exact) mass is 433 g/mol. The van der Waals surface area contributed by atoms with Crippen LogP contribution in [0.4, 0.5) is 30.8 Å². The summed E-state index contributed by atoms with van der Waals surface area (Å²) in [6.45, 7) is 6.49. The molecule has 2 aliphatic heterocycles. The fraction of sp³-hybridized carbons (Fsp3) is 0.526. The van der Waals surface area contributed by atoms with Crippen LogP contribution in [0.3, 0.4) is 0 Å². The Morgan fingerprint density at radius 3 is 2.19 bits per heavy atom. The van der Waals surface area contributed by atoms with E-state index in [2.05, 4.69) is 30.1 Å². The van der Waals surface area contributed by atoms with Gasteiger partial charge in [-0.2, -0.15) is 22.7 Å². The Hall–Kier alpha value is -3.18. The molecule has 0 spiro atoms. The van der Waals surface area contributed by atoms with E-state index in [4.69, 9.17) is 4.98 Å². The van der Waals surface area contributed by atoms with Gasteiger partial charge < -0.3 is 14.7 Å². The van der Waals surface area contributed by atoms with Crippen molar-refractivity contribution in [2.45, 2.75) is 25.9 Å². The van der Waals surface area contributed by atoms with E-state index in [0.717, 1.165) is 29.1 Å². The molecule has 164 valence electrons. The molecule has 9 nitrogen and oxygen atoms in total. The zero-order valence-electron chi connectivity index (χ0n) is 17.0. The molecule has 5 rings (SSSR count). The highest BCUT2D eigenvalue weighted by Crippen LogP contribution is 2.28. The average Bonchev–Trinajstić information content (AvgIpc) is 3.43. The summed E-state index contributed by atoms with van der Waals surface area (Å²) < 4.78 is 40.2. The highest BCUT2D eigenvalue weighted by molar-refractivity contribution is 5.50. The number of aromatic nitrogens is 6. The molecule has 0 radical (unpaired) electrons. The van der Waals surface area contributed by atoms with E-state index in [1.54, 1.807) is 6.07 Å². The van der Waals surface area contributed by atoms with Crippen LogP contribution in [0.25, 0.3) is 5.65 Å². The summed E-state index contributed by atoms with van der Waals surface area (Å²) in [6.07, 6.45) is -2.26. The lowest BCUT2D eigenvalue weighted by molar-refractivity contribution is -0.146. The van der Waals surface area contributed by atoms with E-state index in [0.29, 0.717) is 37.9 Å². The molecule has 2 aliphatic rings. The molecule has 12 heteroatoms. The summed E-state index contributed by atoms with van der Waals surface area (Å²) in [4.78, 5) is 15.7. The smallest absolute Gasteiger partial charge is 0.356 e. The maximum Gasteiger partial charge on any atom is 0.453 e. The van der Waals surface area contributed by atoms with Crippen molar-refractivity contribution in [3.05, 3.63) is 29.7 Å². The fourth-order valence-electron chi connectivity index (χ4n) is 4.05. The van der Waals surface area contributed by atoms with Crippen molar-refractivity contribution in [1.82, 2.24) is 29.8 Å². The van der Waals surface area contributed by atoms with E-state index < -0.39 is 12.0 Å². The number of piperazine rings is 1. The Kier molecular flexibility index (Phi) is 4.78. The number of nitrogens with zero attached hydrogens (tertiary/aromatic N) is 9. The van der Waals surface area contributed by atoms with Crippen LogP contribution in [0.5, 0.6) is 0 Å². The first-order chi connectivity index (χ1) is 14.9. The largest absolute Gasteiger partial charge is 0.453 e. The van der Waals surface area contributed by atoms with Crippen molar-refractivity contribution in [3.63, 3.8) is 0 Å². The molecule has 0 N–H and O–H groups in total. The number of hydrogen-bond donors (Lipinski definition) is 0. The second-order valence-electron chi connectivity index (χ2n) is 7.82. The molecule has 3 aromatic rings. The minimum absolute atomic E-state index is 0.0670. The van der Waals surface area contributed by atoms with Crippen LogP contribution < -0.4 is 14.7 Å². The number of hydrogen-bond acceptors (Lipinski definition) is 8. The van der Waals surface area contributed by atoms with E-state index in [1.807, 2.05) is 17.9 Å². The Morgan fingerprint density at radius 2 is 1.48 bits per heavy atom. The van der Waals surface area contributed by atoms with Gasteiger partial charge in [-0.25, -0.2) is 4.98 Å². The van der Waals surface area contributed by atoms with Gasteiger partial charge in [0.05, 0.1) is 0 Å². The topological polar surface area (TPSA) is 78.6 Å². The van der Waals surface area contributed by atoms with Crippen LogP contribution in [0.1, 0.15) is 24.4 Å². The van der Waals surface area contributed by atoms with E-state index in [-0.39, 0.29) is 5.65 Å². The summed E-state index contributed by atoms with van der Waals surface area (Å²) >= 11 is 0. The highest BCUT2D eigenvalue weighted by atomic mass is 19.4. The second-order valence-corrected chi connectivity index (χ2v) is 7.82. The number of fused-ring (bicyclic) bond motifs is 1. The number of aryl methyl sites for hydroxylation is 1. The van der Waals surface area contributed by atoms with Gasteiger partial charge in [0, 0.05) is 51.0 Å². The molecular formula is C19H22F3N9. The summed E-state index contributed by atoms with van der Waals surface area (Å²) in [7, 11) is 0. The lowest BCUT2D eigenvalue weighted by atomic mass is 10.3. The molecule has 5 heterocycles. The number of halogens is 3. The quantitative estimate of drug-likeness (QED) is 0.622. The first kappa shape index (κ1) is 19.8. The lowest BCUT2D eigenvalue weighted by Crippen LogP contribution is -2.47. The SMILES string of the molecule is Cc1cc(N2CCCC2)nc(N2CCN(c3ccc4nnc(C(F)(F)F)n4n3)CC2)n1. The van der Waals surface area contributed by atoms with Crippen LogP contribution >= 0.6 is 0 Å². The van der Waals surface area contributed by atoms with Crippen LogP contribution in [0, 0.1) is 6.92 Å².